The molecule has 1 aliphatic rings. The maximum atomic E-state index is 13.0. The van der Waals surface area contributed by atoms with Crippen molar-refractivity contribution in [2.75, 3.05) is 23.3 Å². The van der Waals surface area contributed by atoms with E-state index in [1.54, 1.807) is 18.2 Å². The Morgan fingerprint density at radius 1 is 1.17 bits per heavy atom. The van der Waals surface area contributed by atoms with Crippen LogP contribution in [0.15, 0.2) is 71.9 Å². The second-order valence-electron chi connectivity index (χ2n) is 6.46. The Morgan fingerprint density at radius 3 is 2.72 bits per heavy atom. The molecule has 0 fully saturated rings. The van der Waals surface area contributed by atoms with Crippen LogP contribution in [0.2, 0.25) is 5.02 Å². The molecule has 1 radical (unpaired) electrons. The van der Waals surface area contributed by atoms with E-state index >= 15 is 0 Å². The smallest absolute Gasteiger partial charge is 0.258 e. The summed E-state index contributed by atoms with van der Waals surface area (Å²) in [5.41, 5.74) is 2.39. The fourth-order valence-corrected chi connectivity index (χ4v) is 3.20. The van der Waals surface area contributed by atoms with E-state index in [2.05, 4.69) is 26.7 Å². The first kappa shape index (κ1) is 19.0. The van der Waals surface area contributed by atoms with Crippen LogP contribution < -0.4 is 15.5 Å². The second-order valence-corrected chi connectivity index (χ2v) is 6.90. The standard InChI is InChI=1S/C22H19ClN5O/c23-17-10-11-20(26-14-17)27-21(29)18-8-4-5-9-19(18)28(22-24-12-13-25-22)15-16-6-2-1-3-7-16/h2-11,14H,12-13,15H2,(H,24,25)(H,26,27,29). The number of guanidine groups is 1. The molecule has 0 spiro atoms. The van der Waals surface area contributed by atoms with Crippen LogP contribution in [0.1, 0.15) is 15.9 Å². The number of pyridine rings is 1. The van der Waals surface area contributed by atoms with Gasteiger partial charge in [-0.1, -0.05) is 48.0 Å². The van der Waals surface area contributed by atoms with E-state index in [4.69, 9.17) is 11.6 Å². The van der Waals surface area contributed by atoms with Gasteiger partial charge in [-0.2, -0.15) is 0 Å². The van der Waals surface area contributed by atoms with Gasteiger partial charge in [0.2, 0.25) is 0 Å². The van der Waals surface area contributed by atoms with Crippen molar-refractivity contribution < 1.29 is 4.79 Å². The molecule has 0 bridgehead atoms. The number of aromatic nitrogens is 1. The van der Waals surface area contributed by atoms with Crippen LogP contribution in [0.3, 0.4) is 0 Å². The normalized spacial score (nSPS) is 12.8. The molecule has 1 aliphatic heterocycles. The zero-order valence-corrected chi connectivity index (χ0v) is 16.4. The van der Waals surface area contributed by atoms with E-state index in [0.29, 0.717) is 29.5 Å². The largest absolute Gasteiger partial charge is 0.354 e. The number of benzene rings is 2. The number of para-hydroxylation sites is 1. The highest BCUT2D eigenvalue weighted by atomic mass is 35.5. The Morgan fingerprint density at radius 2 is 2.00 bits per heavy atom. The number of nitrogens with one attached hydrogen (secondary N) is 2. The molecular formula is C22H19ClN5O. The van der Waals surface area contributed by atoms with E-state index in [-0.39, 0.29) is 5.91 Å². The van der Waals surface area contributed by atoms with Crippen LogP contribution >= 0.6 is 11.6 Å². The molecule has 0 saturated heterocycles. The molecule has 29 heavy (non-hydrogen) atoms. The van der Waals surface area contributed by atoms with Crippen molar-refractivity contribution in [3.63, 3.8) is 0 Å². The highest BCUT2D eigenvalue weighted by Gasteiger charge is 2.22. The van der Waals surface area contributed by atoms with E-state index in [1.165, 1.54) is 6.20 Å². The number of hydrogen-bond acceptors (Lipinski definition) is 5. The Labute approximate surface area is 174 Å². The maximum absolute atomic E-state index is 13.0. The van der Waals surface area contributed by atoms with Gasteiger partial charge in [0.1, 0.15) is 5.82 Å². The molecular weight excluding hydrogens is 386 g/mol. The van der Waals surface area contributed by atoms with Crippen molar-refractivity contribution in [3.05, 3.63) is 89.1 Å². The highest BCUT2D eigenvalue weighted by Crippen LogP contribution is 2.24. The average Bonchev–Trinajstić information content (AvgIpc) is 3.29. The maximum Gasteiger partial charge on any atom is 0.258 e. The van der Waals surface area contributed by atoms with Crippen molar-refractivity contribution >= 4 is 35.0 Å². The van der Waals surface area contributed by atoms with E-state index < -0.39 is 0 Å². The summed E-state index contributed by atoms with van der Waals surface area (Å²) in [7, 11) is 0. The molecule has 0 aliphatic carbocycles. The predicted molar refractivity (Wildman–Crippen MR) is 115 cm³/mol. The summed E-state index contributed by atoms with van der Waals surface area (Å²) >= 11 is 5.88. The van der Waals surface area contributed by atoms with Gasteiger partial charge in [0.15, 0.2) is 5.96 Å². The summed E-state index contributed by atoms with van der Waals surface area (Å²) in [5.74, 6) is 0.943. The first-order valence-electron chi connectivity index (χ1n) is 9.23. The number of halogens is 1. The topological polar surface area (TPSA) is 69.6 Å². The molecule has 0 saturated carbocycles. The van der Waals surface area contributed by atoms with Crippen LogP contribution in [0.4, 0.5) is 11.5 Å². The lowest BCUT2D eigenvalue weighted by Gasteiger charge is -2.26. The van der Waals surface area contributed by atoms with Gasteiger partial charge in [-0.3, -0.25) is 9.79 Å². The Hall–Kier alpha value is -3.38. The Bertz CT molecular complexity index is 1020. The number of carbonyl (C=O) groups excluding carboxylic acids is 1. The summed E-state index contributed by atoms with van der Waals surface area (Å²) in [6.45, 7) is 2.05. The van der Waals surface area contributed by atoms with Crippen LogP contribution in [0, 0.1) is 6.07 Å². The molecule has 2 N–H and O–H groups in total. The minimum absolute atomic E-state index is 0.250. The number of rotatable bonds is 5. The highest BCUT2D eigenvalue weighted by molar-refractivity contribution is 6.30. The van der Waals surface area contributed by atoms with Crippen LogP contribution in [-0.2, 0) is 6.54 Å². The molecule has 4 rings (SSSR count). The molecule has 1 amide bonds. The van der Waals surface area contributed by atoms with Crippen LogP contribution in [0.25, 0.3) is 0 Å². The minimum atomic E-state index is -0.250. The van der Waals surface area contributed by atoms with E-state index in [9.17, 15) is 4.79 Å². The molecule has 3 aromatic rings. The van der Waals surface area contributed by atoms with Gasteiger partial charge in [0.05, 0.1) is 29.4 Å². The van der Waals surface area contributed by atoms with Crippen molar-refractivity contribution in [2.45, 2.75) is 6.54 Å². The van der Waals surface area contributed by atoms with E-state index in [1.807, 2.05) is 47.4 Å². The van der Waals surface area contributed by atoms with Gasteiger partial charge in [0.25, 0.3) is 5.91 Å². The van der Waals surface area contributed by atoms with E-state index in [0.717, 1.165) is 23.8 Å². The Balaban J connectivity index is 1.66. The lowest BCUT2D eigenvalue weighted by Crippen LogP contribution is -2.39. The monoisotopic (exact) mass is 404 g/mol. The fourth-order valence-electron chi connectivity index (χ4n) is 3.08. The van der Waals surface area contributed by atoms with Crippen molar-refractivity contribution in [2.24, 2.45) is 4.99 Å². The summed E-state index contributed by atoms with van der Waals surface area (Å²) in [4.78, 5) is 23.8. The number of hydrogen-bond donors (Lipinski definition) is 2. The third kappa shape index (κ3) is 4.55. The Kier molecular flexibility index (Phi) is 5.72. The summed E-state index contributed by atoms with van der Waals surface area (Å²) in [5, 5.41) is 6.66. The predicted octanol–water partition coefficient (Wildman–Crippen LogP) is 3.75. The first-order valence-corrected chi connectivity index (χ1v) is 9.61. The van der Waals surface area contributed by atoms with Gasteiger partial charge < -0.3 is 15.5 Å². The molecule has 0 atom stereocenters. The molecule has 2 heterocycles. The first-order chi connectivity index (χ1) is 14.2. The third-order valence-electron chi connectivity index (χ3n) is 4.45. The quantitative estimate of drug-likeness (QED) is 0.679. The SMILES string of the molecule is O=C(Nc1ccc(Cl)cn1)c1ccccc1N(Cc1cc[c]cc1)C1=NCCN1. The number of nitrogens with zero attached hydrogens (tertiary/aromatic N) is 3. The summed E-state index contributed by atoms with van der Waals surface area (Å²) in [6.07, 6.45) is 1.50. The minimum Gasteiger partial charge on any atom is -0.354 e. The lowest BCUT2D eigenvalue weighted by molar-refractivity contribution is 0.102. The summed E-state index contributed by atoms with van der Waals surface area (Å²) < 4.78 is 0. The number of amides is 1. The van der Waals surface area contributed by atoms with Crippen molar-refractivity contribution in [1.29, 1.82) is 0 Å². The molecule has 145 valence electrons. The zero-order chi connectivity index (χ0) is 20.1. The van der Waals surface area contributed by atoms with Gasteiger partial charge in [-0.05, 0) is 35.9 Å². The number of anilines is 2. The molecule has 1 aromatic heterocycles. The molecule has 2 aromatic carbocycles. The molecule has 0 unspecified atom stereocenters. The van der Waals surface area contributed by atoms with Crippen LogP contribution in [0.5, 0.6) is 0 Å². The van der Waals surface area contributed by atoms with Crippen molar-refractivity contribution in [1.82, 2.24) is 10.3 Å². The van der Waals surface area contributed by atoms with Gasteiger partial charge in [0, 0.05) is 12.7 Å². The second kappa shape index (κ2) is 8.75. The third-order valence-corrected chi connectivity index (χ3v) is 4.67. The zero-order valence-electron chi connectivity index (χ0n) is 15.6. The molecule has 7 heteroatoms. The number of aliphatic imine (C=N–C) groups is 1. The fraction of sp³-hybridized carbons (Fsp3) is 0.136. The average molecular weight is 405 g/mol. The van der Waals surface area contributed by atoms with Crippen LogP contribution in [-0.4, -0.2) is 29.9 Å². The number of carbonyl (C=O) groups is 1. The van der Waals surface area contributed by atoms with Gasteiger partial charge in [-0.15, -0.1) is 0 Å². The summed E-state index contributed by atoms with van der Waals surface area (Å²) in [6, 6.07) is 21.6. The van der Waals surface area contributed by atoms with Gasteiger partial charge >= 0.3 is 0 Å². The van der Waals surface area contributed by atoms with Crippen molar-refractivity contribution in [3.8, 4) is 0 Å². The van der Waals surface area contributed by atoms with Gasteiger partial charge in [-0.25, -0.2) is 4.98 Å². The lowest BCUT2D eigenvalue weighted by atomic mass is 10.1. The molecule has 6 nitrogen and oxygen atoms in total.